The van der Waals surface area contributed by atoms with Crippen LogP contribution in [-0.2, 0) is 4.74 Å². The minimum Gasteiger partial charge on any atom is -0.465 e. The molecule has 0 saturated carbocycles. The Bertz CT molecular complexity index is 1000. The molecule has 1 aromatic heterocycles. The summed E-state index contributed by atoms with van der Waals surface area (Å²) < 4.78 is 4.65. The van der Waals surface area contributed by atoms with Crippen molar-refractivity contribution >= 4 is 34.3 Å². The largest absolute Gasteiger partial charge is 0.465 e. The Morgan fingerprint density at radius 3 is 2.74 bits per heavy atom. The molecule has 0 amide bonds. The molecule has 3 rings (SSSR count). The van der Waals surface area contributed by atoms with Crippen LogP contribution in [0.15, 0.2) is 59.0 Å². The quantitative estimate of drug-likeness (QED) is 0.299. The van der Waals surface area contributed by atoms with Crippen LogP contribution in [0.3, 0.4) is 0 Å². The first kappa shape index (κ1) is 18.2. The molecule has 0 aliphatic rings. The monoisotopic (exact) mass is 382 g/mol. The topological polar surface area (TPSA) is 107 Å². The van der Waals surface area contributed by atoms with Crippen molar-refractivity contribution in [1.82, 2.24) is 4.98 Å². The third kappa shape index (κ3) is 4.15. The summed E-state index contributed by atoms with van der Waals surface area (Å²) in [6, 6.07) is 13.9. The van der Waals surface area contributed by atoms with Crippen molar-refractivity contribution in [3.05, 3.63) is 75.2 Å². The van der Waals surface area contributed by atoms with Crippen LogP contribution in [0.5, 0.6) is 0 Å². The maximum Gasteiger partial charge on any atom is 0.345 e. The average Bonchev–Trinajstić information content (AvgIpc) is 3.16. The SMILES string of the molecule is COC(=O)c1c(C=NNc2nc(-c3ccccc3)cs2)cccc1[N+](=O)[O-]. The number of thiazole rings is 1. The number of hydrogen-bond donors (Lipinski definition) is 1. The number of nitrogens with one attached hydrogen (secondary N) is 1. The lowest BCUT2D eigenvalue weighted by molar-refractivity contribution is -0.385. The van der Waals surface area contributed by atoms with Gasteiger partial charge >= 0.3 is 5.97 Å². The van der Waals surface area contributed by atoms with E-state index >= 15 is 0 Å². The fourth-order valence-electron chi connectivity index (χ4n) is 2.37. The zero-order chi connectivity index (χ0) is 19.2. The zero-order valence-corrected chi connectivity index (χ0v) is 15.0. The number of nitro benzene ring substituents is 1. The molecular weight excluding hydrogens is 368 g/mol. The molecule has 0 unspecified atom stereocenters. The molecule has 1 heterocycles. The number of nitro groups is 1. The molecule has 1 N–H and O–H groups in total. The number of methoxy groups -OCH3 is 1. The Kier molecular flexibility index (Phi) is 5.53. The molecule has 0 saturated heterocycles. The Balaban J connectivity index is 1.81. The van der Waals surface area contributed by atoms with Gasteiger partial charge in [0.25, 0.3) is 5.69 Å². The molecule has 0 spiro atoms. The first-order chi connectivity index (χ1) is 13.1. The average molecular weight is 382 g/mol. The number of carbonyl (C=O) groups is 1. The number of nitrogens with zero attached hydrogens (tertiary/aromatic N) is 3. The van der Waals surface area contributed by atoms with Gasteiger partial charge in [0, 0.05) is 22.6 Å². The lowest BCUT2D eigenvalue weighted by Gasteiger charge is -2.04. The van der Waals surface area contributed by atoms with Gasteiger partial charge in [-0.25, -0.2) is 9.78 Å². The standard InChI is InChI=1S/C18H14N4O4S/c1-26-17(23)16-13(8-5-9-15(16)22(24)25)10-19-21-18-20-14(11-27-18)12-6-3-2-4-7-12/h2-11H,1H3,(H,20,21). The van der Waals surface area contributed by atoms with Crippen LogP contribution in [0, 0.1) is 10.1 Å². The molecule has 136 valence electrons. The minimum atomic E-state index is -0.802. The molecule has 0 atom stereocenters. The van der Waals surface area contributed by atoms with Crippen LogP contribution in [0.2, 0.25) is 0 Å². The van der Waals surface area contributed by atoms with E-state index < -0.39 is 10.9 Å². The third-order valence-corrected chi connectivity index (χ3v) is 4.35. The van der Waals surface area contributed by atoms with Gasteiger partial charge in [-0.3, -0.25) is 15.5 Å². The Hall–Kier alpha value is -3.59. The summed E-state index contributed by atoms with van der Waals surface area (Å²) in [4.78, 5) is 26.9. The fraction of sp³-hybridized carbons (Fsp3) is 0.0556. The van der Waals surface area contributed by atoms with Gasteiger partial charge in [-0.1, -0.05) is 42.5 Å². The summed E-state index contributed by atoms with van der Waals surface area (Å²) in [5.41, 5.74) is 4.34. The van der Waals surface area contributed by atoms with Gasteiger partial charge < -0.3 is 4.74 Å². The summed E-state index contributed by atoms with van der Waals surface area (Å²) in [6.07, 6.45) is 1.32. The fourth-order valence-corrected chi connectivity index (χ4v) is 3.03. The van der Waals surface area contributed by atoms with Gasteiger partial charge in [-0.2, -0.15) is 5.10 Å². The van der Waals surface area contributed by atoms with Crippen LogP contribution in [-0.4, -0.2) is 29.2 Å². The molecule has 0 bridgehead atoms. The zero-order valence-electron chi connectivity index (χ0n) is 14.2. The highest BCUT2D eigenvalue weighted by molar-refractivity contribution is 7.14. The second-order valence-electron chi connectivity index (χ2n) is 5.26. The molecule has 27 heavy (non-hydrogen) atoms. The number of anilines is 1. The van der Waals surface area contributed by atoms with Crippen molar-refractivity contribution in [2.45, 2.75) is 0 Å². The van der Waals surface area contributed by atoms with Crippen molar-refractivity contribution < 1.29 is 14.5 Å². The number of hydrazone groups is 1. The maximum atomic E-state index is 11.9. The van der Waals surface area contributed by atoms with E-state index in [4.69, 9.17) is 0 Å². The molecule has 0 fully saturated rings. The number of carbonyl (C=O) groups excluding carboxylic acids is 1. The lowest BCUT2D eigenvalue weighted by Crippen LogP contribution is -2.09. The molecule has 0 radical (unpaired) electrons. The highest BCUT2D eigenvalue weighted by atomic mass is 32.1. The first-order valence-corrected chi connectivity index (χ1v) is 8.64. The van der Waals surface area contributed by atoms with Gasteiger partial charge in [-0.05, 0) is 0 Å². The summed E-state index contributed by atoms with van der Waals surface area (Å²) in [5, 5.41) is 17.6. The van der Waals surface area contributed by atoms with Crippen molar-refractivity contribution in [3.63, 3.8) is 0 Å². The van der Waals surface area contributed by atoms with Crippen molar-refractivity contribution in [3.8, 4) is 11.3 Å². The lowest BCUT2D eigenvalue weighted by atomic mass is 10.1. The molecule has 8 nitrogen and oxygen atoms in total. The number of hydrogen-bond acceptors (Lipinski definition) is 8. The highest BCUT2D eigenvalue weighted by Crippen LogP contribution is 2.25. The molecule has 9 heteroatoms. The molecule has 0 aliphatic carbocycles. The van der Waals surface area contributed by atoms with Crippen molar-refractivity contribution in [1.29, 1.82) is 0 Å². The Labute approximate surface area is 158 Å². The number of benzene rings is 2. The highest BCUT2D eigenvalue weighted by Gasteiger charge is 2.23. The first-order valence-electron chi connectivity index (χ1n) is 7.76. The van der Waals surface area contributed by atoms with E-state index in [2.05, 4.69) is 20.2 Å². The second-order valence-corrected chi connectivity index (χ2v) is 6.12. The third-order valence-electron chi connectivity index (χ3n) is 3.60. The van der Waals surface area contributed by atoms with E-state index in [1.165, 1.54) is 36.8 Å². The maximum absolute atomic E-state index is 11.9. The smallest absolute Gasteiger partial charge is 0.345 e. The van der Waals surface area contributed by atoms with Crippen LogP contribution in [0.1, 0.15) is 15.9 Å². The van der Waals surface area contributed by atoms with Crippen LogP contribution < -0.4 is 5.43 Å². The summed E-state index contributed by atoms with van der Waals surface area (Å²) in [6.45, 7) is 0. The molecule has 3 aromatic rings. The predicted octanol–water partition coefficient (Wildman–Crippen LogP) is 3.95. The van der Waals surface area contributed by atoms with E-state index in [9.17, 15) is 14.9 Å². The molecular formula is C18H14N4O4S. The number of esters is 1. The van der Waals surface area contributed by atoms with E-state index in [0.717, 1.165) is 11.3 Å². The minimum absolute atomic E-state index is 0.153. The van der Waals surface area contributed by atoms with Crippen LogP contribution >= 0.6 is 11.3 Å². The van der Waals surface area contributed by atoms with Gasteiger partial charge in [0.15, 0.2) is 0 Å². The molecule has 2 aromatic carbocycles. The number of aromatic nitrogens is 1. The predicted molar refractivity (Wildman–Crippen MR) is 103 cm³/mol. The van der Waals surface area contributed by atoms with E-state index in [1.54, 1.807) is 6.07 Å². The normalized spacial score (nSPS) is 10.7. The Morgan fingerprint density at radius 1 is 1.26 bits per heavy atom. The van der Waals surface area contributed by atoms with Crippen LogP contribution in [0.4, 0.5) is 10.8 Å². The Morgan fingerprint density at radius 2 is 2.04 bits per heavy atom. The van der Waals surface area contributed by atoms with Gasteiger partial charge in [0.1, 0.15) is 5.56 Å². The second kappa shape index (κ2) is 8.19. The van der Waals surface area contributed by atoms with Gasteiger partial charge in [0.2, 0.25) is 5.13 Å². The summed E-state index contributed by atoms with van der Waals surface area (Å²) >= 11 is 1.37. The van der Waals surface area contributed by atoms with Crippen molar-refractivity contribution in [2.75, 3.05) is 12.5 Å². The number of rotatable bonds is 6. The van der Waals surface area contributed by atoms with E-state index in [-0.39, 0.29) is 16.8 Å². The van der Waals surface area contributed by atoms with Crippen molar-refractivity contribution in [2.24, 2.45) is 5.10 Å². The van der Waals surface area contributed by atoms with Crippen LogP contribution in [0.25, 0.3) is 11.3 Å². The van der Waals surface area contributed by atoms with E-state index in [0.29, 0.717) is 5.13 Å². The summed E-state index contributed by atoms with van der Waals surface area (Å²) in [7, 11) is 1.17. The van der Waals surface area contributed by atoms with Gasteiger partial charge in [0.05, 0.1) is 23.9 Å². The molecule has 0 aliphatic heterocycles. The van der Waals surface area contributed by atoms with Gasteiger partial charge in [-0.15, -0.1) is 11.3 Å². The summed E-state index contributed by atoms with van der Waals surface area (Å²) in [5.74, 6) is -0.802. The van der Waals surface area contributed by atoms with E-state index in [1.807, 2.05) is 35.7 Å². The number of ether oxygens (including phenoxy) is 1.